The van der Waals surface area contributed by atoms with E-state index in [9.17, 15) is 4.79 Å². The molecule has 0 aliphatic rings. The summed E-state index contributed by atoms with van der Waals surface area (Å²) in [5, 5.41) is 3.18. The number of amides is 1. The Labute approximate surface area is 129 Å². The molecule has 2 aromatic rings. The molecular weight excluding hydrogens is 288 g/mol. The molecule has 5 heteroatoms. The summed E-state index contributed by atoms with van der Waals surface area (Å²) in [6.45, 7) is 5.68. The summed E-state index contributed by atoms with van der Waals surface area (Å²) >= 11 is 6.08. The highest BCUT2D eigenvalue weighted by atomic mass is 35.5. The molecule has 1 N–H and O–H groups in total. The Bertz CT molecular complexity index is 656. The Balaban J connectivity index is 2.23. The second-order valence-electron chi connectivity index (χ2n) is 4.92. The fraction of sp³-hybridized carbons (Fsp3) is 0.250. The van der Waals surface area contributed by atoms with E-state index < -0.39 is 0 Å². The number of rotatable bonds is 4. The van der Waals surface area contributed by atoms with Crippen molar-refractivity contribution in [1.82, 2.24) is 4.98 Å². The Morgan fingerprint density at radius 2 is 2.05 bits per heavy atom. The van der Waals surface area contributed by atoms with E-state index in [-0.39, 0.29) is 12.0 Å². The zero-order valence-corrected chi connectivity index (χ0v) is 12.9. The monoisotopic (exact) mass is 304 g/mol. The molecule has 0 atom stereocenters. The van der Waals surface area contributed by atoms with Gasteiger partial charge in [-0.1, -0.05) is 23.7 Å². The van der Waals surface area contributed by atoms with Crippen LogP contribution in [0.25, 0.3) is 0 Å². The van der Waals surface area contributed by atoms with Crippen molar-refractivity contribution in [2.45, 2.75) is 26.9 Å². The van der Waals surface area contributed by atoms with Crippen LogP contribution in [0.5, 0.6) is 5.75 Å². The third-order valence-corrected chi connectivity index (χ3v) is 3.05. The first-order chi connectivity index (χ1) is 9.97. The second-order valence-corrected chi connectivity index (χ2v) is 5.33. The minimum absolute atomic E-state index is 0.0210. The largest absolute Gasteiger partial charge is 0.489 e. The van der Waals surface area contributed by atoms with Gasteiger partial charge in [-0.05, 0) is 39.0 Å². The lowest BCUT2D eigenvalue weighted by atomic mass is 10.2. The van der Waals surface area contributed by atoms with E-state index in [4.69, 9.17) is 16.3 Å². The van der Waals surface area contributed by atoms with Crippen LogP contribution in [-0.4, -0.2) is 17.0 Å². The SMILES string of the molecule is Cc1cc(Cl)c(C(=O)Nc2ccccc2OC(C)C)cn1. The Morgan fingerprint density at radius 3 is 2.71 bits per heavy atom. The van der Waals surface area contributed by atoms with Crippen LogP contribution >= 0.6 is 11.6 Å². The predicted molar refractivity (Wildman–Crippen MR) is 84.1 cm³/mol. The highest BCUT2D eigenvalue weighted by Gasteiger charge is 2.14. The number of ether oxygens (including phenoxy) is 1. The maximum atomic E-state index is 12.3. The minimum Gasteiger partial charge on any atom is -0.489 e. The summed E-state index contributed by atoms with van der Waals surface area (Å²) in [7, 11) is 0. The summed E-state index contributed by atoms with van der Waals surface area (Å²) in [6.07, 6.45) is 1.49. The van der Waals surface area contributed by atoms with E-state index >= 15 is 0 Å². The van der Waals surface area contributed by atoms with Gasteiger partial charge in [0.05, 0.1) is 22.4 Å². The van der Waals surface area contributed by atoms with Crippen LogP contribution in [0, 0.1) is 6.92 Å². The number of para-hydroxylation sites is 2. The standard InChI is InChI=1S/C16H17ClN2O2/c1-10(2)21-15-7-5-4-6-14(15)19-16(20)12-9-18-11(3)8-13(12)17/h4-10H,1-3H3,(H,19,20). The van der Waals surface area contributed by atoms with Crippen molar-refractivity contribution in [3.63, 3.8) is 0 Å². The molecule has 21 heavy (non-hydrogen) atoms. The van der Waals surface area contributed by atoms with Gasteiger partial charge in [-0.2, -0.15) is 0 Å². The van der Waals surface area contributed by atoms with Gasteiger partial charge in [0.25, 0.3) is 5.91 Å². The van der Waals surface area contributed by atoms with Crippen LogP contribution in [0.3, 0.4) is 0 Å². The molecule has 1 aromatic carbocycles. The number of pyridine rings is 1. The molecule has 0 spiro atoms. The third kappa shape index (κ3) is 3.95. The van der Waals surface area contributed by atoms with E-state index in [1.165, 1.54) is 6.20 Å². The molecule has 1 amide bonds. The highest BCUT2D eigenvalue weighted by Crippen LogP contribution is 2.26. The zero-order chi connectivity index (χ0) is 15.4. The lowest BCUT2D eigenvalue weighted by Gasteiger charge is -2.15. The van der Waals surface area contributed by atoms with Crippen molar-refractivity contribution >= 4 is 23.2 Å². The third-order valence-electron chi connectivity index (χ3n) is 2.73. The molecule has 0 saturated carbocycles. The number of nitrogens with zero attached hydrogens (tertiary/aromatic N) is 1. The smallest absolute Gasteiger partial charge is 0.258 e. The summed E-state index contributed by atoms with van der Waals surface area (Å²) in [5.74, 6) is 0.310. The van der Waals surface area contributed by atoms with E-state index in [0.29, 0.717) is 22.0 Å². The van der Waals surface area contributed by atoms with Gasteiger partial charge in [0, 0.05) is 11.9 Å². The number of benzene rings is 1. The van der Waals surface area contributed by atoms with Crippen molar-refractivity contribution < 1.29 is 9.53 Å². The molecule has 4 nitrogen and oxygen atoms in total. The molecule has 2 rings (SSSR count). The van der Waals surface area contributed by atoms with E-state index in [2.05, 4.69) is 10.3 Å². The van der Waals surface area contributed by atoms with Crippen LogP contribution in [0.2, 0.25) is 5.02 Å². The number of aromatic nitrogens is 1. The van der Waals surface area contributed by atoms with Gasteiger partial charge >= 0.3 is 0 Å². The van der Waals surface area contributed by atoms with Gasteiger partial charge in [0.2, 0.25) is 0 Å². The molecule has 0 radical (unpaired) electrons. The number of aryl methyl sites for hydroxylation is 1. The van der Waals surface area contributed by atoms with Gasteiger partial charge in [-0.3, -0.25) is 9.78 Å². The summed E-state index contributed by atoms with van der Waals surface area (Å²) < 4.78 is 5.67. The zero-order valence-electron chi connectivity index (χ0n) is 12.2. The summed E-state index contributed by atoms with van der Waals surface area (Å²) in [5.41, 5.74) is 1.70. The molecular formula is C16H17ClN2O2. The molecule has 0 aliphatic carbocycles. The summed E-state index contributed by atoms with van der Waals surface area (Å²) in [4.78, 5) is 16.4. The Kier molecular flexibility index (Phi) is 4.81. The van der Waals surface area contributed by atoms with Crippen molar-refractivity contribution in [2.24, 2.45) is 0 Å². The van der Waals surface area contributed by atoms with E-state index in [1.54, 1.807) is 12.1 Å². The molecule has 0 saturated heterocycles. The predicted octanol–water partition coefficient (Wildman–Crippen LogP) is 4.08. The maximum absolute atomic E-state index is 12.3. The first kappa shape index (κ1) is 15.3. The van der Waals surface area contributed by atoms with Crippen molar-refractivity contribution in [2.75, 3.05) is 5.32 Å². The second kappa shape index (κ2) is 6.59. The van der Waals surface area contributed by atoms with Crippen molar-refractivity contribution in [3.8, 4) is 5.75 Å². The number of hydrogen-bond donors (Lipinski definition) is 1. The Hall–Kier alpha value is -2.07. The van der Waals surface area contributed by atoms with E-state index in [1.807, 2.05) is 39.0 Å². The summed E-state index contributed by atoms with van der Waals surface area (Å²) in [6, 6.07) is 8.94. The van der Waals surface area contributed by atoms with Crippen LogP contribution in [0.15, 0.2) is 36.5 Å². The average Bonchev–Trinajstić information content (AvgIpc) is 2.40. The number of anilines is 1. The number of halogens is 1. The fourth-order valence-corrected chi connectivity index (χ4v) is 2.10. The molecule has 0 bridgehead atoms. The van der Waals surface area contributed by atoms with Crippen LogP contribution in [0.1, 0.15) is 29.9 Å². The average molecular weight is 305 g/mol. The first-order valence-electron chi connectivity index (χ1n) is 6.66. The van der Waals surface area contributed by atoms with E-state index in [0.717, 1.165) is 5.69 Å². The van der Waals surface area contributed by atoms with Gasteiger partial charge in [-0.25, -0.2) is 0 Å². The number of hydrogen-bond acceptors (Lipinski definition) is 3. The van der Waals surface area contributed by atoms with Crippen molar-refractivity contribution in [1.29, 1.82) is 0 Å². The normalized spacial score (nSPS) is 10.5. The number of nitrogens with one attached hydrogen (secondary N) is 1. The molecule has 0 aliphatic heterocycles. The van der Waals surface area contributed by atoms with Gasteiger partial charge in [-0.15, -0.1) is 0 Å². The number of carbonyl (C=O) groups is 1. The van der Waals surface area contributed by atoms with Crippen molar-refractivity contribution in [3.05, 3.63) is 52.8 Å². The molecule has 1 heterocycles. The van der Waals surface area contributed by atoms with Crippen LogP contribution in [-0.2, 0) is 0 Å². The van der Waals surface area contributed by atoms with Gasteiger partial charge in [0.1, 0.15) is 5.75 Å². The Morgan fingerprint density at radius 1 is 1.33 bits per heavy atom. The van der Waals surface area contributed by atoms with Gasteiger partial charge in [0.15, 0.2) is 0 Å². The maximum Gasteiger partial charge on any atom is 0.258 e. The lowest BCUT2D eigenvalue weighted by Crippen LogP contribution is -2.15. The molecule has 1 aromatic heterocycles. The van der Waals surface area contributed by atoms with Gasteiger partial charge < -0.3 is 10.1 Å². The fourth-order valence-electron chi connectivity index (χ4n) is 1.81. The van der Waals surface area contributed by atoms with Crippen LogP contribution in [0.4, 0.5) is 5.69 Å². The topological polar surface area (TPSA) is 51.2 Å². The lowest BCUT2D eigenvalue weighted by molar-refractivity contribution is 0.102. The first-order valence-corrected chi connectivity index (χ1v) is 7.04. The molecule has 110 valence electrons. The molecule has 0 unspecified atom stereocenters. The minimum atomic E-state index is -0.313. The highest BCUT2D eigenvalue weighted by molar-refractivity contribution is 6.34. The molecule has 0 fully saturated rings. The number of carbonyl (C=O) groups excluding carboxylic acids is 1. The van der Waals surface area contributed by atoms with Crippen LogP contribution < -0.4 is 10.1 Å². The quantitative estimate of drug-likeness (QED) is 0.926.